The average Bonchev–Trinajstić information content (AvgIpc) is 3.13. The highest BCUT2D eigenvalue weighted by Gasteiger charge is 2.57. The lowest BCUT2D eigenvalue weighted by Gasteiger charge is -2.36. The standard InChI is InChI=1S/C28H26Cl2F2N4O/c29-21-5-3-19(4-6-21)2-1-13-36(27(37)35-17-20-7-10-34-26(32)14-20)18-28(8-11-33-12-9-28)22-15-23(30)24(31)16-25(22)36/h1-7,10,14-16,33H,8-9,11-13,17-18H2/p+1/b2-1+. The second kappa shape index (κ2) is 10.5. The Labute approximate surface area is 224 Å². The molecule has 37 heavy (non-hydrogen) atoms. The molecule has 2 N–H and O–H groups in total. The Hall–Kier alpha value is -2.84. The molecule has 2 amide bonds. The molecule has 1 atom stereocenters. The first-order valence-electron chi connectivity index (χ1n) is 12.2. The molecule has 2 aromatic carbocycles. The molecule has 0 radical (unpaired) electrons. The number of amides is 2. The third kappa shape index (κ3) is 5.14. The van der Waals surface area contributed by atoms with Crippen LogP contribution < -0.4 is 15.1 Å². The van der Waals surface area contributed by atoms with Gasteiger partial charge in [-0.2, -0.15) is 4.39 Å². The summed E-state index contributed by atoms with van der Waals surface area (Å²) in [6.07, 6.45) is 6.85. The van der Waals surface area contributed by atoms with Crippen molar-refractivity contribution in [1.29, 1.82) is 0 Å². The number of nitrogens with one attached hydrogen (secondary N) is 2. The van der Waals surface area contributed by atoms with Gasteiger partial charge in [0.2, 0.25) is 5.95 Å². The third-order valence-corrected chi connectivity index (χ3v) is 7.97. The van der Waals surface area contributed by atoms with Crippen LogP contribution in [0.3, 0.4) is 0 Å². The molecule has 1 unspecified atom stereocenters. The predicted molar refractivity (Wildman–Crippen MR) is 144 cm³/mol. The SMILES string of the molecule is O=C(NCc1ccnc(F)c1)[N+]1(C/C=C/c2ccc(Cl)cc2)CC2(CCNCC2)c2cc(Cl)c(F)cc21. The fourth-order valence-electron chi connectivity index (χ4n) is 5.59. The van der Waals surface area contributed by atoms with Gasteiger partial charge in [0.15, 0.2) is 0 Å². The fourth-order valence-corrected chi connectivity index (χ4v) is 5.88. The van der Waals surface area contributed by atoms with E-state index in [1.165, 1.54) is 18.3 Å². The molecule has 2 aliphatic rings. The van der Waals surface area contributed by atoms with Gasteiger partial charge in [0, 0.05) is 29.4 Å². The van der Waals surface area contributed by atoms with Gasteiger partial charge in [-0.15, -0.1) is 0 Å². The van der Waals surface area contributed by atoms with E-state index in [1.807, 2.05) is 24.3 Å². The van der Waals surface area contributed by atoms with Gasteiger partial charge < -0.3 is 10.6 Å². The van der Waals surface area contributed by atoms with Gasteiger partial charge in [-0.05, 0) is 73.5 Å². The Morgan fingerprint density at radius 1 is 1.11 bits per heavy atom. The van der Waals surface area contributed by atoms with Crippen molar-refractivity contribution in [2.75, 3.05) is 26.2 Å². The molecule has 1 spiro atoms. The number of fused-ring (bicyclic) bond motifs is 2. The molecule has 9 heteroatoms. The van der Waals surface area contributed by atoms with Crippen molar-refractivity contribution >= 4 is 41.0 Å². The van der Waals surface area contributed by atoms with Gasteiger partial charge in [0.1, 0.15) is 24.6 Å². The van der Waals surface area contributed by atoms with Gasteiger partial charge in [0.05, 0.1) is 10.4 Å². The van der Waals surface area contributed by atoms with Crippen LogP contribution in [0.2, 0.25) is 10.0 Å². The van der Waals surface area contributed by atoms with Crippen molar-refractivity contribution in [3.8, 4) is 0 Å². The van der Waals surface area contributed by atoms with E-state index in [2.05, 4.69) is 15.6 Å². The van der Waals surface area contributed by atoms with Crippen LogP contribution in [0, 0.1) is 11.8 Å². The van der Waals surface area contributed by atoms with Crippen molar-refractivity contribution in [2.45, 2.75) is 24.8 Å². The highest BCUT2D eigenvalue weighted by molar-refractivity contribution is 6.31. The summed E-state index contributed by atoms with van der Waals surface area (Å²) in [6.45, 7) is 2.51. The highest BCUT2D eigenvalue weighted by atomic mass is 35.5. The maximum Gasteiger partial charge on any atom is 0.422 e. The van der Waals surface area contributed by atoms with Crippen molar-refractivity contribution in [2.24, 2.45) is 0 Å². The van der Waals surface area contributed by atoms with Crippen LogP contribution in [0.5, 0.6) is 0 Å². The number of benzene rings is 2. The predicted octanol–water partition coefficient (Wildman–Crippen LogP) is 6.23. The fraction of sp³-hybridized carbons (Fsp3) is 0.286. The number of hydrogen-bond acceptors (Lipinski definition) is 3. The summed E-state index contributed by atoms with van der Waals surface area (Å²) in [7, 11) is 0. The molecule has 1 fully saturated rings. The number of piperidine rings is 1. The summed E-state index contributed by atoms with van der Waals surface area (Å²) in [4.78, 5) is 17.6. The van der Waals surface area contributed by atoms with Crippen LogP contribution in [0.15, 0.2) is 60.8 Å². The number of quaternary nitrogens is 1. The van der Waals surface area contributed by atoms with Crippen LogP contribution >= 0.6 is 23.2 Å². The number of halogens is 4. The number of aromatic nitrogens is 1. The topological polar surface area (TPSA) is 54.0 Å². The number of urea groups is 1. The summed E-state index contributed by atoms with van der Waals surface area (Å²) < 4.78 is 28.4. The largest absolute Gasteiger partial charge is 0.422 e. The molecule has 5 nitrogen and oxygen atoms in total. The first kappa shape index (κ1) is 25.8. The zero-order valence-corrected chi connectivity index (χ0v) is 21.6. The Balaban J connectivity index is 1.54. The van der Waals surface area contributed by atoms with E-state index in [0.717, 1.165) is 37.1 Å². The second-order valence-corrected chi connectivity index (χ2v) is 10.6. The van der Waals surface area contributed by atoms with Crippen molar-refractivity contribution < 1.29 is 13.6 Å². The summed E-state index contributed by atoms with van der Waals surface area (Å²) >= 11 is 12.3. The molecule has 192 valence electrons. The minimum atomic E-state index is -0.613. The van der Waals surface area contributed by atoms with Crippen LogP contribution in [0.1, 0.15) is 29.5 Å². The molecule has 3 aromatic rings. The maximum absolute atomic E-state index is 14.9. The number of carbonyl (C=O) groups excluding carboxylic acids is 1. The number of rotatable bonds is 5. The third-order valence-electron chi connectivity index (χ3n) is 7.43. The lowest BCUT2D eigenvalue weighted by atomic mass is 9.75. The molecule has 2 aliphatic heterocycles. The van der Waals surface area contributed by atoms with Gasteiger partial charge >= 0.3 is 6.03 Å². The van der Waals surface area contributed by atoms with Crippen LogP contribution in [-0.2, 0) is 12.0 Å². The number of nitrogens with zero attached hydrogens (tertiary/aromatic N) is 2. The van der Waals surface area contributed by atoms with E-state index in [4.69, 9.17) is 23.2 Å². The molecule has 1 aromatic heterocycles. The van der Waals surface area contributed by atoms with Crippen LogP contribution in [-0.4, -0.2) is 37.2 Å². The number of hydrogen-bond donors (Lipinski definition) is 2. The Morgan fingerprint density at radius 3 is 2.59 bits per heavy atom. The van der Waals surface area contributed by atoms with E-state index >= 15 is 0 Å². The second-order valence-electron chi connectivity index (χ2n) is 9.72. The molecule has 1 saturated heterocycles. The summed E-state index contributed by atoms with van der Waals surface area (Å²) in [6, 6.07) is 13.2. The monoisotopic (exact) mass is 543 g/mol. The summed E-state index contributed by atoms with van der Waals surface area (Å²) in [5.74, 6) is -1.17. The molecule has 3 heterocycles. The van der Waals surface area contributed by atoms with E-state index < -0.39 is 11.8 Å². The number of pyridine rings is 1. The van der Waals surface area contributed by atoms with Gasteiger partial charge in [0.25, 0.3) is 0 Å². The first-order valence-corrected chi connectivity index (χ1v) is 13.0. The van der Waals surface area contributed by atoms with E-state index in [1.54, 1.807) is 24.3 Å². The smallest absolute Gasteiger partial charge is 0.317 e. The quantitative estimate of drug-likeness (QED) is 0.296. The summed E-state index contributed by atoms with van der Waals surface area (Å²) in [5.41, 5.74) is 2.75. The molecular formula is C28H27Cl2F2N4O+. The first-order chi connectivity index (χ1) is 17.8. The maximum atomic E-state index is 14.9. The van der Waals surface area contributed by atoms with Gasteiger partial charge in [-0.1, -0.05) is 41.4 Å². The zero-order chi connectivity index (χ0) is 26.0. The van der Waals surface area contributed by atoms with E-state index in [0.29, 0.717) is 29.4 Å². The highest BCUT2D eigenvalue weighted by Crippen LogP contribution is 2.51. The number of carbonyl (C=O) groups is 1. The minimum absolute atomic E-state index is 0.0565. The zero-order valence-electron chi connectivity index (χ0n) is 20.1. The van der Waals surface area contributed by atoms with Gasteiger partial charge in [-0.25, -0.2) is 18.7 Å². The Morgan fingerprint density at radius 2 is 1.86 bits per heavy atom. The molecule has 0 saturated carbocycles. The van der Waals surface area contributed by atoms with Crippen molar-refractivity contribution in [3.63, 3.8) is 0 Å². The average molecular weight is 544 g/mol. The molecule has 5 rings (SSSR count). The normalized spacial score (nSPS) is 20.3. The van der Waals surface area contributed by atoms with E-state index in [-0.39, 0.29) is 27.5 Å². The van der Waals surface area contributed by atoms with Crippen LogP contribution in [0.25, 0.3) is 6.08 Å². The van der Waals surface area contributed by atoms with Crippen molar-refractivity contribution in [1.82, 2.24) is 20.1 Å². The Bertz CT molecular complexity index is 1340. The molecular weight excluding hydrogens is 517 g/mol. The minimum Gasteiger partial charge on any atom is -0.317 e. The van der Waals surface area contributed by atoms with Gasteiger partial charge in [-0.3, -0.25) is 0 Å². The lowest BCUT2D eigenvalue weighted by Crippen LogP contribution is -2.60. The Kier molecular flexibility index (Phi) is 7.32. The van der Waals surface area contributed by atoms with E-state index in [9.17, 15) is 13.6 Å². The summed E-state index contributed by atoms with van der Waals surface area (Å²) in [5, 5.41) is 7.06. The van der Waals surface area contributed by atoms with Crippen LogP contribution in [0.4, 0.5) is 19.3 Å². The molecule has 0 bridgehead atoms. The van der Waals surface area contributed by atoms with Crippen molar-refractivity contribution in [3.05, 3.63) is 99.3 Å². The molecule has 0 aliphatic carbocycles. The lowest BCUT2D eigenvalue weighted by molar-refractivity contribution is 0.189.